The number of carbonyl (C=O) groups excluding carboxylic acids is 1. The molecule has 2 aliphatic rings. The Labute approximate surface area is 149 Å². The second-order valence-corrected chi connectivity index (χ2v) is 8.70. The van der Waals surface area contributed by atoms with Crippen LogP contribution >= 0.6 is 0 Å². The number of hydrogen-bond acceptors (Lipinski definition) is 5. The molecule has 0 aliphatic carbocycles. The molecule has 3 rings (SSSR count). The van der Waals surface area contributed by atoms with E-state index in [2.05, 4.69) is 9.62 Å². The van der Waals surface area contributed by atoms with Gasteiger partial charge < -0.3 is 4.74 Å². The van der Waals surface area contributed by atoms with Crippen molar-refractivity contribution in [2.24, 2.45) is 5.92 Å². The maximum atomic E-state index is 12.4. The highest BCUT2D eigenvalue weighted by Crippen LogP contribution is 2.22. The van der Waals surface area contributed by atoms with E-state index in [0.29, 0.717) is 24.1 Å². The maximum Gasteiger partial charge on any atom is 0.240 e. The lowest BCUT2D eigenvalue weighted by Gasteiger charge is -2.35. The molecule has 138 valence electrons. The van der Waals surface area contributed by atoms with Crippen molar-refractivity contribution in [1.29, 1.82) is 0 Å². The lowest BCUT2D eigenvalue weighted by atomic mass is 9.96. The average Bonchev–Trinajstić information content (AvgIpc) is 3.15. The first-order valence-electron chi connectivity index (χ1n) is 8.88. The van der Waals surface area contributed by atoms with Gasteiger partial charge in [0, 0.05) is 24.8 Å². The number of benzene rings is 1. The van der Waals surface area contributed by atoms with Crippen molar-refractivity contribution >= 4 is 15.8 Å². The molecule has 25 heavy (non-hydrogen) atoms. The van der Waals surface area contributed by atoms with Gasteiger partial charge in [-0.25, -0.2) is 13.1 Å². The molecule has 1 unspecified atom stereocenters. The smallest absolute Gasteiger partial charge is 0.240 e. The minimum absolute atomic E-state index is 0.0728. The van der Waals surface area contributed by atoms with Crippen LogP contribution in [0.15, 0.2) is 29.2 Å². The second kappa shape index (κ2) is 7.95. The number of Topliss-reactive ketones (excluding diaryl/α,β-unsaturated/α-hetero) is 1. The Morgan fingerprint density at radius 3 is 2.44 bits per heavy atom. The molecule has 0 aromatic heterocycles. The van der Waals surface area contributed by atoms with Crippen molar-refractivity contribution in [2.75, 3.05) is 32.8 Å². The Balaban J connectivity index is 1.50. The van der Waals surface area contributed by atoms with E-state index in [1.54, 1.807) is 12.1 Å². The van der Waals surface area contributed by atoms with Crippen molar-refractivity contribution in [3.05, 3.63) is 29.8 Å². The zero-order valence-corrected chi connectivity index (χ0v) is 15.4. The van der Waals surface area contributed by atoms with Crippen molar-refractivity contribution < 1.29 is 17.9 Å². The van der Waals surface area contributed by atoms with Gasteiger partial charge in [0.15, 0.2) is 5.78 Å². The van der Waals surface area contributed by atoms with Gasteiger partial charge in [-0.2, -0.15) is 0 Å². The monoisotopic (exact) mass is 366 g/mol. The molecule has 0 bridgehead atoms. The molecule has 1 aromatic rings. The van der Waals surface area contributed by atoms with Crippen molar-refractivity contribution in [1.82, 2.24) is 9.62 Å². The summed E-state index contributed by atoms with van der Waals surface area (Å²) < 4.78 is 33.0. The highest BCUT2D eigenvalue weighted by molar-refractivity contribution is 7.89. The molecule has 7 heteroatoms. The number of nitrogens with one attached hydrogen (secondary N) is 1. The molecule has 2 saturated heterocycles. The van der Waals surface area contributed by atoms with Gasteiger partial charge in [0.2, 0.25) is 10.0 Å². The Kier molecular flexibility index (Phi) is 5.89. The van der Waals surface area contributed by atoms with Gasteiger partial charge in [-0.3, -0.25) is 9.69 Å². The van der Waals surface area contributed by atoms with E-state index in [0.717, 1.165) is 45.6 Å². The fourth-order valence-corrected chi connectivity index (χ4v) is 4.63. The average molecular weight is 366 g/mol. The Hall–Kier alpha value is -1.28. The van der Waals surface area contributed by atoms with Crippen molar-refractivity contribution in [3.8, 4) is 0 Å². The molecule has 0 radical (unpaired) electrons. The third-order valence-electron chi connectivity index (χ3n) is 5.20. The summed E-state index contributed by atoms with van der Waals surface area (Å²) in [6.07, 6.45) is 3.11. The first kappa shape index (κ1) is 18.5. The number of nitrogens with zero attached hydrogens (tertiary/aromatic N) is 1. The molecule has 0 spiro atoms. The maximum absolute atomic E-state index is 12.4. The van der Waals surface area contributed by atoms with Crippen LogP contribution in [0, 0.1) is 5.92 Å². The fourth-order valence-electron chi connectivity index (χ4n) is 3.51. The number of rotatable bonds is 6. The molecular formula is C18H26N2O4S. The molecule has 1 N–H and O–H groups in total. The normalized spacial score (nSPS) is 23.0. The van der Waals surface area contributed by atoms with Crippen LogP contribution in [0.4, 0.5) is 0 Å². The van der Waals surface area contributed by atoms with Crippen LogP contribution in [0.3, 0.4) is 0 Å². The van der Waals surface area contributed by atoms with E-state index in [-0.39, 0.29) is 10.7 Å². The van der Waals surface area contributed by atoms with Gasteiger partial charge in [-0.05, 0) is 57.3 Å². The Morgan fingerprint density at radius 2 is 1.88 bits per heavy atom. The first-order valence-corrected chi connectivity index (χ1v) is 10.4. The first-order chi connectivity index (χ1) is 12.0. The zero-order valence-electron chi connectivity index (χ0n) is 14.6. The number of piperidine rings is 1. The molecule has 2 aliphatic heterocycles. The standard InChI is InChI=1S/C18H26N2O4S/c1-14(21)16-2-4-18(5-3-16)25(22,23)19-12-15-6-9-20(10-7-15)17-8-11-24-13-17/h2-5,15,17,19H,6-13H2,1H3. The SMILES string of the molecule is CC(=O)c1ccc(S(=O)(=O)NCC2CCN(C3CCOC3)CC2)cc1. The van der Waals surface area contributed by atoms with Gasteiger partial charge >= 0.3 is 0 Å². The lowest BCUT2D eigenvalue weighted by Crippen LogP contribution is -2.43. The minimum Gasteiger partial charge on any atom is -0.380 e. The molecule has 6 nitrogen and oxygen atoms in total. The number of sulfonamides is 1. The highest BCUT2D eigenvalue weighted by atomic mass is 32.2. The van der Waals surface area contributed by atoms with E-state index in [1.807, 2.05) is 0 Å². The lowest BCUT2D eigenvalue weighted by molar-refractivity contribution is 0.101. The van der Waals surface area contributed by atoms with E-state index < -0.39 is 10.0 Å². The molecule has 2 heterocycles. The van der Waals surface area contributed by atoms with E-state index >= 15 is 0 Å². The van der Waals surface area contributed by atoms with Crippen molar-refractivity contribution in [3.63, 3.8) is 0 Å². The minimum atomic E-state index is -3.53. The second-order valence-electron chi connectivity index (χ2n) is 6.93. The van der Waals surface area contributed by atoms with Crippen LogP contribution in [0.2, 0.25) is 0 Å². The molecule has 0 amide bonds. The fraction of sp³-hybridized carbons (Fsp3) is 0.611. The summed E-state index contributed by atoms with van der Waals surface area (Å²) in [6, 6.07) is 6.62. The van der Waals surface area contributed by atoms with Gasteiger partial charge in [-0.1, -0.05) is 12.1 Å². The van der Waals surface area contributed by atoms with Crippen LogP contribution in [-0.4, -0.2) is 58.0 Å². The van der Waals surface area contributed by atoms with Crippen LogP contribution in [0.1, 0.15) is 36.5 Å². The number of likely N-dealkylation sites (tertiary alicyclic amines) is 1. The third kappa shape index (κ3) is 4.67. The molecule has 1 aromatic carbocycles. The van der Waals surface area contributed by atoms with E-state index in [4.69, 9.17) is 4.74 Å². The van der Waals surface area contributed by atoms with Crippen molar-refractivity contribution in [2.45, 2.75) is 37.1 Å². The highest BCUT2D eigenvalue weighted by Gasteiger charge is 2.28. The van der Waals surface area contributed by atoms with E-state index in [9.17, 15) is 13.2 Å². The summed E-state index contributed by atoms with van der Waals surface area (Å²) in [5.41, 5.74) is 0.516. The Bertz CT molecular complexity index is 688. The number of hydrogen-bond donors (Lipinski definition) is 1. The number of ketones is 1. The van der Waals surface area contributed by atoms with E-state index in [1.165, 1.54) is 19.1 Å². The van der Waals surface area contributed by atoms with Crippen LogP contribution < -0.4 is 4.72 Å². The van der Waals surface area contributed by atoms with Gasteiger partial charge in [0.1, 0.15) is 0 Å². The summed E-state index contributed by atoms with van der Waals surface area (Å²) in [7, 11) is -3.53. The van der Waals surface area contributed by atoms with Crippen LogP contribution in [-0.2, 0) is 14.8 Å². The summed E-state index contributed by atoms with van der Waals surface area (Å²) in [5, 5.41) is 0. The summed E-state index contributed by atoms with van der Waals surface area (Å²) in [5.74, 6) is 0.293. The third-order valence-corrected chi connectivity index (χ3v) is 6.64. The number of ether oxygens (including phenoxy) is 1. The molecule has 1 atom stereocenters. The van der Waals surface area contributed by atoms with Gasteiger partial charge in [0.25, 0.3) is 0 Å². The zero-order chi connectivity index (χ0) is 17.9. The molecular weight excluding hydrogens is 340 g/mol. The largest absolute Gasteiger partial charge is 0.380 e. The van der Waals surface area contributed by atoms with Gasteiger partial charge in [0.05, 0.1) is 11.5 Å². The number of carbonyl (C=O) groups is 1. The van der Waals surface area contributed by atoms with Crippen LogP contribution in [0.25, 0.3) is 0 Å². The Morgan fingerprint density at radius 1 is 1.20 bits per heavy atom. The predicted molar refractivity (Wildman–Crippen MR) is 95.2 cm³/mol. The quantitative estimate of drug-likeness (QED) is 0.775. The predicted octanol–water partition coefficient (Wildman–Crippen LogP) is 1.67. The van der Waals surface area contributed by atoms with Gasteiger partial charge in [-0.15, -0.1) is 0 Å². The summed E-state index contributed by atoms with van der Waals surface area (Å²) >= 11 is 0. The molecule has 2 fully saturated rings. The topological polar surface area (TPSA) is 75.7 Å². The summed E-state index contributed by atoms with van der Waals surface area (Å²) in [6.45, 7) is 5.62. The summed E-state index contributed by atoms with van der Waals surface area (Å²) in [4.78, 5) is 14.0. The van der Waals surface area contributed by atoms with Crippen LogP contribution in [0.5, 0.6) is 0 Å². The molecule has 0 saturated carbocycles.